The second-order valence-electron chi connectivity index (χ2n) is 6.10. The van der Waals surface area contributed by atoms with Gasteiger partial charge in [0.1, 0.15) is 0 Å². The first-order valence-electron chi connectivity index (χ1n) is 6.98. The molecule has 0 aromatic heterocycles. The molecule has 102 valence electrons. The van der Waals surface area contributed by atoms with Crippen LogP contribution in [0.3, 0.4) is 0 Å². The number of amides is 1. The van der Waals surface area contributed by atoms with Crippen molar-refractivity contribution in [3.63, 3.8) is 0 Å². The van der Waals surface area contributed by atoms with E-state index in [2.05, 4.69) is 0 Å². The number of carboxylic acids is 1. The molecule has 18 heavy (non-hydrogen) atoms. The van der Waals surface area contributed by atoms with Crippen LogP contribution < -0.4 is 0 Å². The third-order valence-electron chi connectivity index (χ3n) is 4.56. The average Bonchev–Trinajstić information content (AvgIpc) is 2.76. The van der Waals surface area contributed by atoms with Crippen LogP contribution in [0.15, 0.2) is 0 Å². The molecule has 0 aromatic carbocycles. The lowest BCUT2D eigenvalue weighted by molar-refractivity contribution is -0.139. The molecule has 4 nitrogen and oxygen atoms in total. The molecule has 2 saturated carbocycles. The molecule has 0 aliphatic heterocycles. The van der Waals surface area contributed by atoms with Crippen molar-refractivity contribution >= 4 is 11.9 Å². The normalized spacial score (nSPS) is 24.5. The van der Waals surface area contributed by atoms with Crippen LogP contribution in [-0.2, 0) is 9.59 Å². The van der Waals surface area contributed by atoms with Crippen LogP contribution in [0.25, 0.3) is 0 Å². The lowest BCUT2D eigenvalue weighted by atomic mass is 10.0. The minimum absolute atomic E-state index is 0.0453. The van der Waals surface area contributed by atoms with E-state index in [-0.39, 0.29) is 24.3 Å². The Morgan fingerprint density at radius 3 is 2.44 bits per heavy atom. The molecular formula is C14H23NO3. The molecule has 0 aromatic rings. The van der Waals surface area contributed by atoms with Crippen molar-refractivity contribution in [3.8, 4) is 0 Å². The Labute approximate surface area is 108 Å². The maximum atomic E-state index is 12.5. The topological polar surface area (TPSA) is 57.6 Å². The Balaban J connectivity index is 1.94. The standard InChI is InChI=1S/C14H23NO3/c1-10(2)15(8-5-12(16)17)13(18)11-9-14(11)6-3-4-7-14/h10-11H,3-9H2,1-2H3,(H,16,17). The lowest BCUT2D eigenvalue weighted by Gasteiger charge is -2.27. The van der Waals surface area contributed by atoms with Crippen LogP contribution >= 0.6 is 0 Å². The van der Waals surface area contributed by atoms with E-state index < -0.39 is 5.97 Å². The van der Waals surface area contributed by atoms with Gasteiger partial charge in [0.25, 0.3) is 0 Å². The average molecular weight is 253 g/mol. The maximum absolute atomic E-state index is 12.5. The second kappa shape index (κ2) is 4.90. The highest BCUT2D eigenvalue weighted by Crippen LogP contribution is 2.63. The number of hydrogen-bond donors (Lipinski definition) is 1. The summed E-state index contributed by atoms with van der Waals surface area (Å²) in [5.74, 6) is -0.468. The molecule has 2 fully saturated rings. The summed E-state index contributed by atoms with van der Waals surface area (Å²) in [6, 6.07) is 0.0934. The summed E-state index contributed by atoms with van der Waals surface area (Å²) in [4.78, 5) is 24.9. The Bertz CT molecular complexity index is 345. The van der Waals surface area contributed by atoms with Crippen molar-refractivity contribution in [3.05, 3.63) is 0 Å². The van der Waals surface area contributed by atoms with Gasteiger partial charge in [-0.3, -0.25) is 9.59 Å². The van der Waals surface area contributed by atoms with Crippen molar-refractivity contribution in [2.75, 3.05) is 6.54 Å². The van der Waals surface area contributed by atoms with Crippen LogP contribution in [0, 0.1) is 11.3 Å². The van der Waals surface area contributed by atoms with Gasteiger partial charge in [0.2, 0.25) is 5.91 Å². The van der Waals surface area contributed by atoms with Gasteiger partial charge >= 0.3 is 5.97 Å². The zero-order valence-electron chi connectivity index (χ0n) is 11.3. The summed E-state index contributed by atoms with van der Waals surface area (Å²) < 4.78 is 0. The van der Waals surface area contributed by atoms with Gasteiger partial charge in [-0.15, -0.1) is 0 Å². The third kappa shape index (κ3) is 2.52. The van der Waals surface area contributed by atoms with Crippen molar-refractivity contribution in [1.82, 2.24) is 4.90 Å². The van der Waals surface area contributed by atoms with E-state index >= 15 is 0 Å². The summed E-state index contributed by atoms with van der Waals surface area (Å²) >= 11 is 0. The quantitative estimate of drug-likeness (QED) is 0.817. The van der Waals surface area contributed by atoms with E-state index in [1.54, 1.807) is 4.90 Å². The Morgan fingerprint density at radius 2 is 1.94 bits per heavy atom. The second-order valence-corrected chi connectivity index (χ2v) is 6.10. The monoisotopic (exact) mass is 253 g/mol. The molecule has 2 rings (SSSR count). The van der Waals surface area contributed by atoms with Gasteiger partial charge in [0.05, 0.1) is 6.42 Å². The smallest absolute Gasteiger partial charge is 0.305 e. The van der Waals surface area contributed by atoms with Crippen LogP contribution in [-0.4, -0.2) is 34.5 Å². The summed E-state index contributed by atoms with van der Waals surface area (Å²) in [5.41, 5.74) is 0.299. The van der Waals surface area contributed by atoms with Crippen molar-refractivity contribution < 1.29 is 14.7 Å². The molecule has 2 aliphatic rings. The molecule has 0 saturated heterocycles. The highest BCUT2D eigenvalue weighted by Gasteiger charge is 2.59. The van der Waals surface area contributed by atoms with Crippen LogP contribution in [0.4, 0.5) is 0 Å². The van der Waals surface area contributed by atoms with Crippen LogP contribution in [0.5, 0.6) is 0 Å². The summed E-state index contributed by atoms with van der Waals surface area (Å²) in [7, 11) is 0. The van der Waals surface area contributed by atoms with E-state index in [1.165, 1.54) is 25.7 Å². The fourth-order valence-corrected chi connectivity index (χ4v) is 3.37. The van der Waals surface area contributed by atoms with Gasteiger partial charge in [-0.2, -0.15) is 0 Å². The molecule has 4 heteroatoms. The van der Waals surface area contributed by atoms with Crippen molar-refractivity contribution in [1.29, 1.82) is 0 Å². The Morgan fingerprint density at radius 1 is 1.33 bits per heavy atom. The first-order chi connectivity index (χ1) is 8.46. The minimum Gasteiger partial charge on any atom is -0.481 e. The van der Waals surface area contributed by atoms with Gasteiger partial charge in [-0.1, -0.05) is 12.8 Å². The summed E-state index contributed by atoms with van der Waals surface area (Å²) in [6.45, 7) is 4.27. The summed E-state index contributed by atoms with van der Waals surface area (Å²) in [5, 5.41) is 8.75. The number of carbonyl (C=O) groups is 2. The molecule has 2 aliphatic carbocycles. The van der Waals surface area contributed by atoms with Gasteiger partial charge in [-0.25, -0.2) is 0 Å². The lowest BCUT2D eigenvalue weighted by Crippen LogP contribution is -2.40. The fraction of sp³-hybridized carbons (Fsp3) is 0.857. The van der Waals surface area contributed by atoms with Crippen LogP contribution in [0.1, 0.15) is 52.4 Å². The molecule has 0 bridgehead atoms. The van der Waals surface area contributed by atoms with E-state index in [4.69, 9.17) is 5.11 Å². The Hall–Kier alpha value is -1.06. The number of hydrogen-bond acceptors (Lipinski definition) is 2. The van der Waals surface area contributed by atoms with Crippen LogP contribution in [0.2, 0.25) is 0 Å². The van der Waals surface area contributed by atoms with Crippen molar-refractivity contribution in [2.45, 2.75) is 58.4 Å². The molecule has 1 unspecified atom stereocenters. The third-order valence-corrected chi connectivity index (χ3v) is 4.56. The highest BCUT2D eigenvalue weighted by molar-refractivity contribution is 5.83. The Kier molecular flexibility index (Phi) is 3.64. The van der Waals surface area contributed by atoms with Gasteiger partial charge < -0.3 is 10.0 Å². The minimum atomic E-state index is -0.833. The largest absolute Gasteiger partial charge is 0.481 e. The first-order valence-corrected chi connectivity index (χ1v) is 6.98. The molecule has 0 heterocycles. The number of carbonyl (C=O) groups excluding carboxylic acids is 1. The first kappa shape index (κ1) is 13.4. The molecular weight excluding hydrogens is 230 g/mol. The van der Waals surface area contributed by atoms with Gasteiger partial charge in [0.15, 0.2) is 0 Å². The maximum Gasteiger partial charge on any atom is 0.305 e. The predicted octanol–water partition coefficient (Wildman–Crippen LogP) is 2.28. The van der Waals surface area contributed by atoms with E-state index in [0.717, 1.165) is 6.42 Å². The van der Waals surface area contributed by atoms with E-state index in [9.17, 15) is 9.59 Å². The predicted molar refractivity (Wildman–Crippen MR) is 68.1 cm³/mol. The fourth-order valence-electron chi connectivity index (χ4n) is 3.37. The highest BCUT2D eigenvalue weighted by atomic mass is 16.4. The molecule has 0 radical (unpaired) electrons. The summed E-state index contributed by atoms with van der Waals surface area (Å²) in [6.07, 6.45) is 5.95. The molecule has 1 N–H and O–H groups in total. The SMILES string of the molecule is CC(C)N(CCC(=O)O)C(=O)C1CC12CCCC2. The van der Waals surface area contributed by atoms with Gasteiger partial charge in [0, 0.05) is 18.5 Å². The number of rotatable bonds is 5. The van der Waals surface area contributed by atoms with E-state index in [0.29, 0.717) is 12.0 Å². The molecule has 1 atom stereocenters. The zero-order chi connectivity index (χ0) is 13.3. The number of aliphatic carboxylic acids is 1. The number of carboxylic acid groups (broad SMARTS) is 1. The van der Waals surface area contributed by atoms with Crippen molar-refractivity contribution in [2.24, 2.45) is 11.3 Å². The molecule has 1 amide bonds. The zero-order valence-corrected chi connectivity index (χ0v) is 11.3. The van der Waals surface area contributed by atoms with E-state index in [1.807, 2.05) is 13.8 Å². The molecule has 1 spiro atoms. The van der Waals surface area contributed by atoms with Gasteiger partial charge in [-0.05, 0) is 38.5 Å². The number of nitrogens with zero attached hydrogens (tertiary/aromatic N) is 1.